The van der Waals surface area contributed by atoms with E-state index in [1.165, 1.54) is 16.0 Å². The van der Waals surface area contributed by atoms with Crippen molar-refractivity contribution in [1.82, 2.24) is 9.91 Å². The van der Waals surface area contributed by atoms with Crippen molar-refractivity contribution in [3.8, 4) is 5.75 Å². The molecule has 0 unspecified atom stereocenters. The zero-order valence-corrected chi connectivity index (χ0v) is 20.9. The van der Waals surface area contributed by atoms with Gasteiger partial charge >= 0.3 is 0 Å². The first-order valence-electron chi connectivity index (χ1n) is 11.7. The molecule has 1 aliphatic rings. The summed E-state index contributed by atoms with van der Waals surface area (Å²) in [6.45, 7) is 6.12. The molecule has 0 radical (unpaired) electrons. The SMILES string of the molecule is COc1ccc(C(=O)N(C)CC(=O)N2N=C(c3ccc(C)c(C)c3)C[C@@H]2c2ccc(C)cc2)cc1. The number of likely N-dealkylation sites (N-methyl/N-ethyl adjacent to an activating group) is 1. The summed E-state index contributed by atoms with van der Waals surface area (Å²) in [6.07, 6.45) is 0.618. The van der Waals surface area contributed by atoms with Crippen LogP contribution in [0, 0.1) is 20.8 Å². The van der Waals surface area contributed by atoms with Gasteiger partial charge in [-0.05, 0) is 73.4 Å². The Morgan fingerprint density at radius 1 is 0.971 bits per heavy atom. The van der Waals surface area contributed by atoms with E-state index in [-0.39, 0.29) is 24.4 Å². The number of aryl methyl sites for hydroxylation is 3. The minimum atomic E-state index is -0.231. The van der Waals surface area contributed by atoms with Crippen molar-refractivity contribution in [1.29, 1.82) is 0 Å². The van der Waals surface area contributed by atoms with E-state index in [2.05, 4.69) is 32.0 Å². The minimum absolute atomic E-state index is 0.0725. The standard InChI is InChI=1S/C29H31N3O3/c1-19-6-9-22(10-7-19)27-17-26(24-11-8-20(2)21(3)16-24)30-32(27)28(33)18-31(4)29(34)23-12-14-25(35-5)15-13-23/h6-16,27H,17-18H2,1-5H3/t27-/m1/s1. The second-order valence-electron chi connectivity index (χ2n) is 9.10. The minimum Gasteiger partial charge on any atom is -0.497 e. The fourth-order valence-corrected chi connectivity index (χ4v) is 4.19. The number of amides is 2. The molecule has 0 aliphatic carbocycles. The Morgan fingerprint density at radius 2 is 1.66 bits per heavy atom. The fraction of sp³-hybridized carbons (Fsp3) is 0.276. The number of nitrogens with zero attached hydrogens (tertiary/aromatic N) is 3. The molecule has 180 valence electrons. The molecule has 0 spiro atoms. The Labute approximate surface area is 206 Å². The molecule has 6 nitrogen and oxygen atoms in total. The quantitative estimate of drug-likeness (QED) is 0.506. The fourth-order valence-electron chi connectivity index (χ4n) is 4.19. The molecule has 0 saturated carbocycles. The van der Waals surface area contributed by atoms with E-state index in [1.807, 2.05) is 31.2 Å². The van der Waals surface area contributed by atoms with E-state index in [0.717, 1.165) is 22.4 Å². The van der Waals surface area contributed by atoms with Crippen LogP contribution in [0.4, 0.5) is 0 Å². The molecule has 35 heavy (non-hydrogen) atoms. The molecule has 0 N–H and O–H groups in total. The van der Waals surface area contributed by atoms with Gasteiger partial charge in [-0.25, -0.2) is 5.01 Å². The number of hydrogen-bond donors (Lipinski definition) is 0. The van der Waals surface area contributed by atoms with Crippen molar-refractivity contribution in [2.45, 2.75) is 33.2 Å². The number of ether oxygens (including phenoxy) is 1. The Morgan fingerprint density at radius 3 is 2.29 bits per heavy atom. The van der Waals surface area contributed by atoms with Gasteiger partial charge < -0.3 is 9.64 Å². The topological polar surface area (TPSA) is 62.2 Å². The smallest absolute Gasteiger partial charge is 0.262 e. The predicted molar refractivity (Wildman–Crippen MR) is 138 cm³/mol. The molecule has 3 aromatic rings. The van der Waals surface area contributed by atoms with Crippen molar-refractivity contribution < 1.29 is 14.3 Å². The van der Waals surface area contributed by atoms with E-state index >= 15 is 0 Å². The van der Waals surface area contributed by atoms with Crippen LogP contribution in [0.5, 0.6) is 5.75 Å². The van der Waals surface area contributed by atoms with Gasteiger partial charge in [-0.3, -0.25) is 9.59 Å². The highest BCUT2D eigenvalue weighted by atomic mass is 16.5. The molecule has 0 bridgehead atoms. The molecule has 3 aromatic carbocycles. The van der Waals surface area contributed by atoms with Crippen LogP contribution in [-0.2, 0) is 4.79 Å². The van der Waals surface area contributed by atoms with Crippen molar-refractivity contribution in [2.75, 3.05) is 20.7 Å². The summed E-state index contributed by atoms with van der Waals surface area (Å²) in [5.41, 5.74) is 6.97. The van der Waals surface area contributed by atoms with E-state index < -0.39 is 0 Å². The number of hydrogen-bond acceptors (Lipinski definition) is 4. The van der Waals surface area contributed by atoms with Crippen LogP contribution in [0.15, 0.2) is 71.8 Å². The lowest BCUT2D eigenvalue weighted by Gasteiger charge is -2.25. The molecule has 0 saturated heterocycles. The zero-order valence-electron chi connectivity index (χ0n) is 20.9. The van der Waals surface area contributed by atoms with Gasteiger partial charge in [0.15, 0.2) is 0 Å². The molecule has 1 atom stereocenters. The highest BCUT2D eigenvalue weighted by Crippen LogP contribution is 2.33. The van der Waals surface area contributed by atoms with Crippen LogP contribution in [0.1, 0.15) is 50.6 Å². The van der Waals surface area contributed by atoms with Gasteiger partial charge in [-0.15, -0.1) is 0 Å². The summed E-state index contributed by atoms with van der Waals surface area (Å²) >= 11 is 0. The number of carbonyl (C=O) groups excluding carboxylic acids is 2. The number of methoxy groups -OCH3 is 1. The number of carbonyl (C=O) groups is 2. The van der Waals surface area contributed by atoms with E-state index in [1.54, 1.807) is 43.4 Å². The third kappa shape index (κ3) is 5.27. The monoisotopic (exact) mass is 469 g/mol. The molecule has 0 aromatic heterocycles. The van der Waals surface area contributed by atoms with Gasteiger partial charge in [0.1, 0.15) is 12.3 Å². The lowest BCUT2D eigenvalue weighted by molar-refractivity contribution is -0.133. The maximum Gasteiger partial charge on any atom is 0.262 e. The normalized spacial score (nSPS) is 15.1. The van der Waals surface area contributed by atoms with Crippen LogP contribution in [0.3, 0.4) is 0 Å². The third-order valence-corrected chi connectivity index (χ3v) is 6.52. The predicted octanol–water partition coefficient (Wildman–Crippen LogP) is 5.07. The molecule has 1 aliphatic heterocycles. The van der Waals surface area contributed by atoms with Crippen LogP contribution in [-0.4, -0.2) is 48.1 Å². The lowest BCUT2D eigenvalue weighted by atomic mass is 9.96. The highest BCUT2D eigenvalue weighted by Gasteiger charge is 2.34. The van der Waals surface area contributed by atoms with Crippen LogP contribution < -0.4 is 4.74 Å². The molecular formula is C29H31N3O3. The Kier molecular flexibility index (Phi) is 7.01. The average molecular weight is 470 g/mol. The zero-order chi connectivity index (χ0) is 25.1. The molecule has 1 heterocycles. The average Bonchev–Trinajstić information content (AvgIpc) is 3.31. The Hall–Kier alpha value is -3.93. The van der Waals surface area contributed by atoms with Crippen molar-refractivity contribution >= 4 is 17.5 Å². The van der Waals surface area contributed by atoms with Gasteiger partial charge in [0.05, 0.1) is 18.9 Å². The van der Waals surface area contributed by atoms with E-state index in [0.29, 0.717) is 17.7 Å². The third-order valence-electron chi connectivity index (χ3n) is 6.52. The Balaban J connectivity index is 1.58. The Bertz CT molecular complexity index is 1260. The van der Waals surface area contributed by atoms with Crippen molar-refractivity contribution in [2.24, 2.45) is 5.10 Å². The summed E-state index contributed by atoms with van der Waals surface area (Å²) < 4.78 is 5.16. The van der Waals surface area contributed by atoms with Crippen molar-refractivity contribution in [3.63, 3.8) is 0 Å². The number of rotatable bonds is 6. The van der Waals surface area contributed by atoms with Gasteiger partial charge in [0.25, 0.3) is 11.8 Å². The first kappa shape index (κ1) is 24.2. The largest absolute Gasteiger partial charge is 0.497 e. The van der Waals surface area contributed by atoms with E-state index in [9.17, 15) is 9.59 Å². The summed E-state index contributed by atoms with van der Waals surface area (Å²) in [5, 5.41) is 6.31. The van der Waals surface area contributed by atoms with Gasteiger partial charge in [0, 0.05) is 19.0 Å². The molecule has 4 rings (SSSR count). The highest BCUT2D eigenvalue weighted by molar-refractivity contribution is 6.04. The van der Waals surface area contributed by atoms with E-state index in [4.69, 9.17) is 9.84 Å². The van der Waals surface area contributed by atoms with Crippen molar-refractivity contribution in [3.05, 3.63) is 100 Å². The summed E-state index contributed by atoms with van der Waals surface area (Å²) in [6, 6.07) is 21.1. The second kappa shape index (κ2) is 10.1. The first-order chi connectivity index (χ1) is 16.8. The maximum absolute atomic E-state index is 13.4. The number of hydrazone groups is 1. The van der Waals surface area contributed by atoms with Gasteiger partial charge in [0.2, 0.25) is 0 Å². The summed E-state index contributed by atoms with van der Waals surface area (Å²) in [7, 11) is 3.21. The summed E-state index contributed by atoms with van der Waals surface area (Å²) in [5.74, 6) is 0.218. The lowest BCUT2D eigenvalue weighted by Crippen LogP contribution is -2.39. The summed E-state index contributed by atoms with van der Waals surface area (Å²) in [4.78, 5) is 27.8. The van der Waals surface area contributed by atoms with Crippen LogP contribution >= 0.6 is 0 Å². The molecular weight excluding hydrogens is 438 g/mol. The number of benzene rings is 3. The van der Waals surface area contributed by atoms with Gasteiger partial charge in [-0.2, -0.15) is 5.10 Å². The van der Waals surface area contributed by atoms with Crippen LogP contribution in [0.2, 0.25) is 0 Å². The second-order valence-corrected chi connectivity index (χ2v) is 9.10. The first-order valence-corrected chi connectivity index (χ1v) is 11.7. The van der Waals surface area contributed by atoms with Gasteiger partial charge in [-0.1, -0.05) is 42.0 Å². The molecule has 2 amide bonds. The van der Waals surface area contributed by atoms with Crippen LogP contribution in [0.25, 0.3) is 0 Å². The molecule has 6 heteroatoms. The maximum atomic E-state index is 13.4. The molecule has 0 fully saturated rings.